The monoisotopic (exact) mass is 367 g/mol. The molecule has 0 bridgehead atoms. The average Bonchev–Trinajstić information content (AvgIpc) is 2.60. The van der Waals surface area contributed by atoms with Gasteiger partial charge in [-0.15, -0.1) is 0 Å². The van der Waals surface area contributed by atoms with Crippen LogP contribution in [0.2, 0.25) is 0 Å². The number of nitrogen functional groups attached to an aromatic ring is 1. The molecule has 0 amide bonds. The molecule has 4 heteroatoms. The predicted octanol–water partition coefficient (Wildman–Crippen LogP) is 4.31. The fourth-order valence-corrected chi connectivity index (χ4v) is 3.17. The topological polar surface area (TPSA) is 50.9 Å². The van der Waals surface area contributed by atoms with Gasteiger partial charge in [0.05, 0.1) is 0 Å². The summed E-state index contributed by atoms with van der Waals surface area (Å²) in [5.74, 6) is 6.35. The van der Waals surface area contributed by atoms with Crippen LogP contribution in [0.1, 0.15) is 22.3 Å². The number of hydrogen-bond acceptors (Lipinski definition) is 3. The SMILES string of the molecule is NNc1ncc(Cc2ccccc2)c(Br)c1Cc1ccccc1. The Balaban J connectivity index is 1.95. The second kappa shape index (κ2) is 7.40. The van der Waals surface area contributed by atoms with Crippen molar-refractivity contribution in [2.75, 3.05) is 5.43 Å². The second-order valence-corrected chi connectivity index (χ2v) is 6.19. The number of rotatable bonds is 5. The Morgan fingerprint density at radius 2 is 1.43 bits per heavy atom. The van der Waals surface area contributed by atoms with Crippen LogP contribution in [0.5, 0.6) is 0 Å². The first kappa shape index (κ1) is 15.7. The van der Waals surface area contributed by atoms with E-state index in [-0.39, 0.29) is 0 Å². The number of pyridine rings is 1. The van der Waals surface area contributed by atoms with E-state index in [0.717, 1.165) is 28.4 Å². The number of nitrogens with one attached hydrogen (secondary N) is 1. The summed E-state index contributed by atoms with van der Waals surface area (Å²) in [7, 11) is 0. The Morgan fingerprint density at radius 1 is 0.870 bits per heavy atom. The first-order valence-corrected chi connectivity index (χ1v) is 8.28. The molecule has 0 saturated heterocycles. The van der Waals surface area contributed by atoms with Crippen molar-refractivity contribution in [3.63, 3.8) is 0 Å². The number of nitrogens with two attached hydrogens (primary N) is 1. The van der Waals surface area contributed by atoms with Gasteiger partial charge in [0, 0.05) is 29.1 Å². The van der Waals surface area contributed by atoms with E-state index in [9.17, 15) is 0 Å². The highest BCUT2D eigenvalue weighted by molar-refractivity contribution is 9.10. The zero-order valence-electron chi connectivity index (χ0n) is 12.7. The highest BCUT2D eigenvalue weighted by Gasteiger charge is 2.13. The van der Waals surface area contributed by atoms with E-state index in [0.29, 0.717) is 5.82 Å². The zero-order valence-corrected chi connectivity index (χ0v) is 14.3. The Bertz CT molecular complexity index is 773. The molecule has 0 unspecified atom stereocenters. The van der Waals surface area contributed by atoms with Crippen LogP contribution in [-0.4, -0.2) is 4.98 Å². The molecule has 23 heavy (non-hydrogen) atoms. The van der Waals surface area contributed by atoms with Gasteiger partial charge in [0.2, 0.25) is 0 Å². The van der Waals surface area contributed by atoms with Gasteiger partial charge in [0.1, 0.15) is 5.82 Å². The lowest BCUT2D eigenvalue weighted by atomic mass is 10.0. The Morgan fingerprint density at radius 3 is 2.00 bits per heavy atom. The summed E-state index contributed by atoms with van der Waals surface area (Å²) in [6.45, 7) is 0. The van der Waals surface area contributed by atoms with E-state index in [4.69, 9.17) is 5.84 Å². The van der Waals surface area contributed by atoms with Gasteiger partial charge in [0.15, 0.2) is 0 Å². The van der Waals surface area contributed by atoms with Crippen LogP contribution >= 0.6 is 15.9 Å². The van der Waals surface area contributed by atoms with Crippen molar-refractivity contribution in [2.45, 2.75) is 12.8 Å². The molecule has 116 valence electrons. The normalized spacial score (nSPS) is 10.5. The smallest absolute Gasteiger partial charge is 0.144 e. The molecule has 0 aliphatic rings. The van der Waals surface area contributed by atoms with Gasteiger partial charge in [-0.1, -0.05) is 76.6 Å². The fraction of sp³-hybridized carbons (Fsp3) is 0.105. The summed E-state index contributed by atoms with van der Waals surface area (Å²) < 4.78 is 1.06. The van der Waals surface area contributed by atoms with Crippen molar-refractivity contribution >= 4 is 21.7 Å². The zero-order chi connectivity index (χ0) is 16.1. The van der Waals surface area contributed by atoms with Crippen molar-refractivity contribution in [2.24, 2.45) is 5.84 Å². The first-order valence-electron chi connectivity index (χ1n) is 7.48. The molecule has 0 aliphatic heterocycles. The van der Waals surface area contributed by atoms with Crippen LogP contribution in [0.4, 0.5) is 5.82 Å². The van der Waals surface area contributed by atoms with Gasteiger partial charge in [-0.05, 0) is 16.7 Å². The lowest BCUT2D eigenvalue weighted by Crippen LogP contribution is -2.13. The van der Waals surface area contributed by atoms with E-state index in [1.807, 2.05) is 30.5 Å². The fourth-order valence-electron chi connectivity index (χ4n) is 2.60. The van der Waals surface area contributed by atoms with E-state index >= 15 is 0 Å². The maximum atomic E-state index is 5.64. The van der Waals surface area contributed by atoms with Crippen molar-refractivity contribution in [1.82, 2.24) is 4.98 Å². The lowest BCUT2D eigenvalue weighted by Gasteiger charge is -2.14. The standard InChI is InChI=1S/C19H18BrN3/c20-18-16(11-14-7-3-1-4-8-14)13-22-19(23-21)17(18)12-15-9-5-2-6-10-15/h1-10,13H,11-12,21H2,(H,22,23). The first-order chi connectivity index (χ1) is 11.3. The highest BCUT2D eigenvalue weighted by Crippen LogP contribution is 2.30. The summed E-state index contributed by atoms with van der Waals surface area (Å²) in [6.07, 6.45) is 3.48. The molecule has 0 atom stereocenters. The van der Waals surface area contributed by atoms with Crippen molar-refractivity contribution in [3.8, 4) is 0 Å². The van der Waals surface area contributed by atoms with Gasteiger partial charge in [-0.2, -0.15) is 0 Å². The molecule has 3 aromatic rings. The number of nitrogens with zero attached hydrogens (tertiary/aromatic N) is 1. The molecule has 0 fully saturated rings. The van der Waals surface area contributed by atoms with Crippen molar-refractivity contribution in [1.29, 1.82) is 0 Å². The third kappa shape index (κ3) is 3.78. The summed E-state index contributed by atoms with van der Waals surface area (Å²) in [6, 6.07) is 20.7. The van der Waals surface area contributed by atoms with Crippen LogP contribution in [0.3, 0.4) is 0 Å². The van der Waals surface area contributed by atoms with E-state index in [2.05, 4.69) is 62.7 Å². The Kier molecular flexibility index (Phi) is 5.05. The Labute approximate surface area is 144 Å². The van der Waals surface area contributed by atoms with Crippen LogP contribution in [-0.2, 0) is 12.8 Å². The number of anilines is 1. The van der Waals surface area contributed by atoms with Crippen molar-refractivity contribution in [3.05, 3.63) is 93.6 Å². The maximum Gasteiger partial charge on any atom is 0.144 e. The van der Waals surface area contributed by atoms with E-state index < -0.39 is 0 Å². The third-order valence-corrected chi connectivity index (χ3v) is 4.77. The van der Waals surface area contributed by atoms with Gasteiger partial charge in [-0.3, -0.25) is 0 Å². The number of halogens is 1. The van der Waals surface area contributed by atoms with Gasteiger partial charge in [-0.25, -0.2) is 10.8 Å². The molecule has 0 spiro atoms. The summed E-state index contributed by atoms with van der Waals surface area (Å²) >= 11 is 3.75. The Hall–Kier alpha value is -2.17. The molecule has 0 aliphatic carbocycles. The average molecular weight is 368 g/mol. The molecule has 3 rings (SSSR count). The minimum Gasteiger partial charge on any atom is -0.308 e. The van der Waals surface area contributed by atoms with Crippen LogP contribution in [0, 0.1) is 0 Å². The number of benzene rings is 2. The quantitative estimate of drug-likeness (QED) is 0.521. The maximum absolute atomic E-state index is 5.64. The molecular formula is C19H18BrN3. The van der Waals surface area contributed by atoms with Crippen LogP contribution in [0.15, 0.2) is 71.3 Å². The number of hydrazine groups is 1. The molecule has 3 nitrogen and oxygen atoms in total. The van der Waals surface area contributed by atoms with E-state index in [1.165, 1.54) is 11.1 Å². The van der Waals surface area contributed by atoms with Gasteiger partial charge < -0.3 is 5.43 Å². The van der Waals surface area contributed by atoms with E-state index in [1.54, 1.807) is 0 Å². The summed E-state index contributed by atoms with van der Waals surface area (Å²) in [5.41, 5.74) is 7.42. The molecule has 0 radical (unpaired) electrons. The molecule has 3 N–H and O–H groups in total. The molecular weight excluding hydrogens is 350 g/mol. The number of hydrogen-bond donors (Lipinski definition) is 2. The number of aromatic nitrogens is 1. The summed E-state index contributed by atoms with van der Waals surface area (Å²) in [4.78, 5) is 4.48. The molecule has 1 aromatic heterocycles. The third-order valence-electron chi connectivity index (χ3n) is 3.78. The molecule has 1 heterocycles. The molecule has 2 aromatic carbocycles. The molecule has 0 saturated carbocycles. The summed E-state index contributed by atoms with van der Waals surface area (Å²) in [5, 5.41) is 0. The van der Waals surface area contributed by atoms with Crippen LogP contribution in [0.25, 0.3) is 0 Å². The lowest BCUT2D eigenvalue weighted by molar-refractivity contribution is 1.05. The largest absolute Gasteiger partial charge is 0.308 e. The van der Waals surface area contributed by atoms with Gasteiger partial charge in [0.25, 0.3) is 0 Å². The minimum absolute atomic E-state index is 0.706. The van der Waals surface area contributed by atoms with Crippen molar-refractivity contribution < 1.29 is 0 Å². The van der Waals surface area contributed by atoms with Crippen LogP contribution < -0.4 is 11.3 Å². The highest BCUT2D eigenvalue weighted by atomic mass is 79.9. The second-order valence-electron chi connectivity index (χ2n) is 5.39. The predicted molar refractivity (Wildman–Crippen MR) is 98.2 cm³/mol. The minimum atomic E-state index is 0.706. The van der Waals surface area contributed by atoms with Gasteiger partial charge >= 0.3 is 0 Å².